The molecule has 8 nitrogen and oxygen atoms in total. The van der Waals surface area contributed by atoms with Crippen LogP contribution in [0.3, 0.4) is 0 Å². The highest BCUT2D eigenvalue weighted by atomic mass is 16.5. The van der Waals surface area contributed by atoms with E-state index < -0.39 is 0 Å². The molecule has 4 rings (SSSR count). The number of nitrogens with one attached hydrogen (secondary N) is 1. The highest BCUT2D eigenvalue weighted by molar-refractivity contribution is 5.87. The van der Waals surface area contributed by atoms with Gasteiger partial charge in [-0.25, -0.2) is 4.98 Å². The molecule has 1 aromatic carbocycles. The number of nitrogens with zero attached hydrogens (tertiary/aromatic N) is 3. The normalized spacial score (nSPS) is 15.2. The maximum atomic E-state index is 11.9. The summed E-state index contributed by atoms with van der Waals surface area (Å²) in [6.45, 7) is 1.57. The predicted octanol–water partition coefficient (Wildman–Crippen LogP) is 1.26. The summed E-state index contributed by atoms with van der Waals surface area (Å²) >= 11 is 0. The fraction of sp³-hybridized carbons (Fsp3) is 0.316. The average Bonchev–Trinajstić information content (AvgIpc) is 3.06. The zero-order chi connectivity index (χ0) is 18.8. The Kier molecular flexibility index (Phi) is 4.53. The first kappa shape index (κ1) is 17.1. The van der Waals surface area contributed by atoms with Crippen LogP contribution in [0.2, 0.25) is 0 Å². The summed E-state index contributed by atoms with van der Waals surface area (Å²) in [6, 6.07) is 7.74. The molecule has 1 amide bonds. The number of anilines is 1. The molecular weight excluding hydrogens is 346 g/mol. The summed E-state index contributed by atoms with van der Waals surface area (Å²) in [4.78, 5) is 31.9. The van der Waals surface area contributed by atoms with Gasteiger partial charge in [0.25, 0.3) is 5.56 Å². The van der Waals surface area contributed by atoms with Crippen LogP contribution in [0.1, 0.15) is 12.8 Å². The number of carbonyl (C=O) groups excluding carboxylic acids is 1. The number of fused-ring (bicyclic) bond motifs is 1. The second-order valence-corrected chi connectivity index (χ2v) is 6.65. The Morgan fingerprint density at radius 3 is 2.85 bits per heavy atom. The molecule has 27 heavy (non-hydrogen) atoms. The molecule has 0 bridgehead atoms. The standard InChI is InChI=1S/C19H21N5O3/c20-17(25)12-24-11-6-14-15(24)2-1-3-16(14)27-13-4-9-23(10-5-13)18-19(26)22-8-7-21-18/h1-3,6-8,11,13H,4-5,9-10,12H2,(H2,20,25)(H,22,26). The summed E-state index contributed by atoms with van der Waals surface area (Å²) < 4.78 is 8.06. The van der Waals surface area contributed by atoms with E-state index in [2.05, 4.69) is 9.97 Å². The maximum absolute atomic E-state index is 11.9. The number of aromatic nitrogens is 3. The van der Waals surface area contributed by atoms with Crippen LogP contribution < -0.4 is 20.9 Å². The molecule has 3 heterocycles. The fourth-order valence-electron chi connectivity index (χ4n) is 3.54. The van der Waals surface area contributed by atoms with Crippen molar-refractivity contribution < 1.29 is 9.53 Å². The van der Waals surface area contributed by atoms with Gasteiger partial charge in [-0.15, -0.1) is 0 Å². The molecule has 0 spiro atoms. The van der Waals surface area contributed by atoms with Crippen molar-refractivity contribution in [2.24, 2.45) is 5.73 Å². The molecule has 3 N–H and O–H groups in total. The Morgan fingerprint density at radius 1 is 1.30 bits per heavy atom. The molecule has 0 atom stereocenters. The maximum Gasteiger partial charge on any atom is 0.290 e. The zero-order valence-electron chi connectivity index (χ0n) is 14.8. The number of hydrogen-bond donors (Lipinski definition) is 2. The van der Waals surface area contributed by atoms with Crippen molar-refractivity contribution in [1.82, 2.24) is 14.5 Å². The Balaban J connectivity index is 1.46. The van der Waals surface area contributed by atoms with E-state index in [1.807, 2.05) is 39.9 Å². The molecule has 0 saturated carbocycles. The van der Waals surface area contributed by atoms with Crippen molar-refractivity contribution in [3.8, 4) is 5.75 Å². The molecule has 0 aliphatic carbocycles. The summed E-state index contributed by atoms with van der Waals surface area (Å²) in [5, 5.41) is 0.961. The van der Waals surface area contributed by atoms with Crippen molar-refractivity contribution in [3.63, 3.8) is 0 Å². The number of benzene rings is 1. The minimum atomic E-state index is -0.379. The average molecular weight is 367 g/mol. The van der Waals surface area contributed by atoms with Crippen LogP contribution in [0.4, 0.5) is 5.82 Å². The SMILES string of the molecule is NC(=O)Cn1ccc2c(OC3CCN(c4ncc[nH]c4=O)CC3)cccc21. The lowest BCUT2D eigenvalue weighted by atomic mass is 10.1. The lowest BCUT2D eigenvalue weighted by molar-refractivity contribution is -0.118. The van der Waals surface area contributed by atoms with Crippen molar-refractivity contribution in [3.05, 3.63) is 53.2 Å². The molecule has 0 unspecified atom stereocenters. The van der Waals surface area contributed by atoms with Crippen LogP contribution in [-0.2, 0) is 11.3 Å². The van der Waals surface area contributed by atoms with E-state index in [1.54, 1.807) is 6.20 Å². The van der Waals surface area contributed by atoms with Crippen LogP contribution in [-0.4, -0.2) is 39.6 Å². The minimum Gasteiger partial charge on any atom is -0.490 e. The molecule has 3 aromatic rings. The van der Waals surface area contributed by atoms with Crippen molar-refractivity contribution in [1.29, 1.82) is 0 Å². The number of H-pyrrole nitrogens is 1. The Labute approximate surface area is 155 Å². The van der Waals surface area contributed by atoms with Gasteiger partial charge in [-0.3, -0.25) is 9.59 Å². The molecule has 1 aliphatic rings. The van der Waals surface area contributed by atoms with E-state index in [-0.39, 0.29) is 24.1 Å². The molecule has 8 heteroatoms. The smallest absolute Gasteiger partial charge is 0.290 e. The van der Waals surface area contributed by atoms with E-state index >= 15 is 0 Å². The number of primary amides is 1. The Morgan fingerprint density at radius 2 is 2.11 bits per heavy atom. The quantitative estimate of drug-likeness (QED) is 0.706. The largest absolute Gasteiger partial charge is 0.490 e. The zero-order valence-corrected chi connectivity index (χ0v) is 14.8. The fourth-order valence-corrected chi connectivity index (χ4v) is 3.54. The molecule has 140 valence electrons. The number of rotatable bonds is 5. The summed E-state index contributed by atoms with van der Waals surface area (Å²) in [6.07, 6.45) is 6.64. The van der Waals surface area contributed by atoms with E-state index in [1.165, 1.54) is 6.20 Å². The third-order valence-electron chi connectivity index (χ3n) is 4.82. The van der Waals surface area contributed by atoms with Crippen LogP contribution >= 0.6 is 0 Å². The Hall–Kier alpha value is -3.29. The van der Waals surface area contributed by atoms with Gasteiger partial charge in [0.15, 0.2) is 5.82 Å². The van der Waals surface area contributed by atoms with Crippen molar-refractivity contribution >= 4 is 22.6 Å². The van der Waals surface area contributed by atoms with Gasteiger partial charge < -0.3 is 24.9 Å². The molecule has 1 fully saturated rings. The molecule has 1 aliphatic heterocycles. The van der Waals surface area contributed by atoms with Gasteiger partial charge >= 0.3 is 0 Å². The number of piperidine rings is 1. The van der Waals surface area contributed by atoms with Crippen LogP contribution in [0.5, 0.6) is 5.75 Å². The van der Waals surface area contributed by atoms with Gasteiger partial charge in [-0.2, -0.15) is 0 Å². The summed E-state index contributed by atoms with van der Waals surface area (Å²) in [5.41, 5.74) is 6.06. The third-order valence-corrected chi connectivity index (χ3v) is 4.82. The number of amides is 1. The lowest BCUT2D eigenvalue weighted by Gasteiger charge is -2.32. The topological polar surface area (TPSA) is 106 Å². The number of nitrogens with two attached hydrogens (primary N) is 1. The molecule has 0 radical (unpaired) electrons. The summed E-state index contributed by atoms with van der Waals surface area (Å²) in [5.74, 6) is 0.877. The van der Waals surface area contributed by atoms with Crippen LogP contribution in [0, 0.1) is 0 Å². The van der Waals surface area contributed by atoms with Gasteiger partial charge in [0.2, 0.25) is 5.91 Å². The summed E-state index contributed by atoms with van der Waals surface area (Å²) in [7, 11) is 0. The molecular formula is C19H21N5O3. The minimum absolute atomic E-state index is 0.0640. The lowest BCUT2D eigenvalue weighted by Crippen LogP contribution is -2.41. The van der Waals surface area contributed by atoms with Crippen LogP contribution in [0.25, 0.3) is 10.9 Å². The van der Waals surface area contributed by atoms with Gasteiger partial charge in [-0.05, 0) is 18.2 Å². The number of aromatic amines is 1. The molecule has 2 aromatic heterocycles. The number of hydrogen-bond acceptors (Lipinski definition) is 5. The van der Waals surface area contributed by atoms with Gasteiger partial charge in [-0.1, -0.05) is 6.07 Å². The first-order valence-electron chi connectivity index (χ1n) is 8.93. The monoisotopic (exact) mass is 367 g/mol. The number of carbonyl (C=O) groups is 1. The van der Waals surface area contributed by atoms with Gasteiger partial charge in [0, 0.05) is 49.9 Å². The van der Waals surface area contributed by atoms with E-state index in [0.717, 1.165) is 29.5 Å². The second-order valence-electron chi connectivity index (χ2n) is 6.65. The van der Waals surface area contributed by atoms with E-state index in [4.69, 9.17) is 10.5 Å². The van der Waals surface area contributed by atoms with Crippen molar-refractivity contribution in [2.45, 2.75) is 25.5 Å². The second kappa shape index (κ2) is 7.14. The highest BCUT2D eigenvalue weighted by Gasteiger charge is 2.23. The van der Waals surface area contributed by atoms with E-state index in [9.17, 15) is 9.59 Å². The number of ether oxygens (including phenoxy) is 1. The first-order chi connectivity index (χ1) is 13.1. The Bertz CT molecular complexity index is 1020. The molecule has 1 saturated heterocycles. The predicted molar refractivity (Wildman–Crippen MR) is 102 cm³/mol. The van der Waals surface area contributed by atoms with Gasteiger partial charge in [0.1, 0.15) is 18.4 Å². The van der Waals surface area contributed by atoms with E-state index in [0.29, 0.717) is 18.9 Å². The first-order valence-corrected chi connectivity index (χ1v) is 8.93. The van der Waals surface area contributed by atoms with Crippen LogP contribution in [0.15, 0.2) is 47.7 Å². The van der Waals surface area contributed by atoms with Gasteiger partial charge in [0.05, 0.1) is 5.52 Å². The third kappa shape index (κ3) is 3.51. The van der Waals surface area contributed by atoms with Crippen molar-refractivity contribution in [2.75, 3.05) is 18.0 Å². The highest BCUT2D eigenvalue weighted by Crippen LogP contribution is 2.29.